The van der Waals surface area contributed by atoms with Gasteiger partial charge in [0.15, 0.2) is 0 Å². The molecule has 0 aliphatic rings. The van der Waals surface area contributed by atoms with Crippen molar-refractivity contribution >= 4 is 11.9 Å². The highest BCUT2D eigenvalue weighted by atomic mass is 16.5. The first-order valence-corrected chi connectivity index (χ1v) is 29.2. The second kappa shape index (κ2) is 55.2. The molecule has 0 saturated carbocycles. The highest BCUT2D eigenvalue weighted by Crippen LogP contribution is 2.18. The van der Waals surface area contributed by atoms with Gasteiger partial charge in [-0.05, 0) is 64.2 Å². The van der Waals surface area contributed by atoms with Crippen molar-refractivity contribution in [1.29, 1.82) is 0 Å². The van der Waals surface area contributed by atoms with Gasteiger partial charge in [-0.1, -0.05) is 280 Å². The third kappa shape index (κ3) is 49.7. The number of hydrogen-bond acceptors (Lipinski definition) is 5. The lowest BCUT2D eigenvalue weighted by atomic mass is 10.0. The Morgan fingerprint density at radius 3 is 1.12 bits per heavy atom. The summed E-state index contributed by atoms with van der Waals surface area (Å²) >= 11 is 0. The van der Waals surface area contributed by atoms with Gasteiger partial charge in [-0.2, -0.15) is 0 Å². The summed E-state index contributed by atoms with van der Waals surface area (Å²) < 4.78 is 5.92. The van der Waals surface area contributed by atoms with E-state index >= 15 is 0 Å². The SMILES string of the molecule is CC/C=C\C/C=C\C/C=C\C/C=C\C/C=C\C/C=C\CCC(=O)OC(CCCCCCCCCCCCCCC)CC(=O)NC(CO)C(O)CCCCCCCCCCCCCCCCCCC. The number of aliphatic hydroxyl groups is 2. The van der Waals surface area contributed by atoms with Crippen LogP contribution in [-0.2, 0) is 14.3 Å². The van der Waals surface area contributed by atoms with E-state index in [9.17, 15) is 19.8 Å². The minimum absolute atomic E-state index is 0.0479. The smallest absolute Gasteiger partial charge is 0.306 e. The molecular formula is C62H111NO5. The van der Waals surface area contributed by atoms with Crippen LogP contribution in [-0.4, -0.2) is 46.9 Å². The topological polar surface area (TPSA) is 95.9 Å². The van der Waals surface area contributed by atoms with Gasteiger partial charge in [0, 0.05) is 6.42 Å². The summed E-state index contributed by atoms with van der Waals surface area (Å²) in [6.45, 7) is 6.38. The molecule has 3 unspecified atom stereocenters. The van der Waals surface area contributed by atoms with Gasteiger partial charge < -0.3 is 20.3 Å². The quantitative estimate of drug-likeness (QED) is 0.0321. The summed E-state index contributed by atoms with van der Waals surface area (Å²) in [7, 11) is 0. The Balaban J connectivity index is 4.61. The molecular weight excluding hydrogens is 839 g/mol. The van der Waals surface area contributed by atoms with E-state index in [0.717, 1.165) is 77.0 Å². The van der Waals surface area contributed by atoms with E-state index in [1.807, 2.05) is 6.08 Å². The van der Waals surface area contributed by atoms with Crippen LogP contribution in [0, 0.1) is 0 Å². The molecule has 0 aliphatic carbocycles. The van der Waals surface area contributed by atoms with Crippen LogP contribution in [0.15, 0.2) is 72.9 Å². The number of amides is 1. The van der Waals surface area contributed by atoms with E-state index in [2.05, 4.69) is 92.9 Å². The molecule has 68 heavy (non-hydrogen) atoms. The molecule has 0 bridgehead atoms. The lowest BCUT2D eigenvalue weighted by Crippen LogP contribution is -2.46. The number of aliphatic hydroxyl groups excluding tert-OH is 2. The monoisotopic (exact) mass is 950 g/mol. The molecule has 394 valence electrons. The first-order valence-electron chi connectivity index (χ1n) is 29.2. The first kappa shape index (κ1) is 65.3. The van der Waals surface area contributed by atoms with Gasteiger partial charge in [-0.3, -0.25) is 9.59 Å². The molecule has 0 heterocycles. The Morgan fingerprint density at radius 2 is 0.765 bits per heavy atom. The molecule has 6 heteroatoms. The third-order valence-electron chi connectivity index (χ3n) is 13.1. The highest BCUT2D eigenvalue weighted by Gasteiger charge is 2.24. The molecule has 3 atom stereocenters. The van der Waals surface area contributed by atoms with E-state index in [1.165, 1.54) is 154 Å². The number of esters is 1. The molecule has 3 N–H and O–H groups in total. The number of ether oxygens (including phenoxy) is 1. The average Bonchev–Trinajstić information content (AvgIpc) is 3.33. The van der Waals surface area contributed by atoms with Gasteiger partial charge in [0.25, 0.3) is 0 Å². The van der Waals surface area contributed by atoms with Crippen LogP contribution in [0.2, 0.25) is 0 Å². The maximum Gasteiger partial charge on any atom is 0.306 e. The Hall–Kier alpha value is -2.70. The summed E-state index contributed by atoms with van der Waals surface area (Å²) in [5.74, 6) is -0.565. The zero-order valence-corrected chi connectivity index (χ0v) is 45.0. The van der Waals surface area contributed by atoms with Crippen LogP contribution in [0.3, 0.4) is 0 Å². The van der Waals surface area contributed by atoms with Crippen molar-refractivity contribution in [2.24, 2.45) is 0 Å². The van der Waals surface area contributed by atoms with Gasteiger partial charge in [-0.25, -0.2) is 0 Å². The van der Waals surface area contributed by atoms with E-state index in [1.54, 1.807) is 0 Å². The summed E-state index contributed by atoms with van der Waals surface area (Å²) in [4.78, 5) is 26.2. The largest absolute Gasteiger partial charge is 0.462 e. The molecule has 0 spiro atoms. The van der Waals surface area contributed by atoms with Crippen LogP contribution in [0.25, 0.3) is 0 Å². The fourth-order valence-electron chi connectivity index (χ4n) is 8.69. The average molecular weight is 951 g/mol. The van der Waals surface area contributed by atoms with Gasteiger partial charge in [0.2, 0.25) is 5.91 Å². The van der Waals surface area contributed by atoms with Gasteiger partial charge >= 0.3 is 5.97 Å². The van der Waals surface area contributed by atoms with Gasteiger partial charge in [0.05, 0.1) is 25.2 Å². The molecule has 0 saturated heterocycles. The van der Waals surface area contributed by atoms with Crippen molar-refractivity contribution in [3.8, 4) is 0 Å². The minimum Gasteiger partial charge on any atom is -0.462 e. The molecule has 0 aromatic heterocycles. The fraction of sp³-hybridized carbons (Fsp3) is 0.774. The van der Waals surface area contributed by atoms with Crippen molar-refractivity contribution in [3.63, 3.8) is 0 Å². The maximum atomic E-state index is 13.3. The third-order valence-corrected chi connectivity index (χ3v) is 13.1. The van der Waals surface area contributed by atoms with E-state index < -0.39 is 18.2 Å². The fourth-order valence-corrected chi connectivity index (χ4v) is 8.69. The van der Waals surface area contributed by atoms with Crippen molar-refractivity contribution in [1.82, 2.24) is 5.32 Å². The molecule has 0 aromatic carbocycles. The summed E-state index contributed by atoms with van der Waals surface area (Å²) in [5, 5.41) is 23.9. The lowest BCUT2D eigenvalue weighted by Gasteiger charge is -2.24. The molecule has 1 amide bonds. The Morgan fingerprint density at radius 1 is 0.441 bits per heavy atom. The van der Waals surface area contributed by atoms with Crippen LogP contribution in [0.4, 0.5) is 0 Å². The predicted molar refractivity (Wildman–Crippen MR) is 296 cm³/mol. The lowest BCUT2D eigenvalue weighted by molar-refractivity contribution is -0.150. The highest BCUT2D eigenvalue weighted by molar-refractivity contribution is 5.77. The molecule has 0 fully saturated rings. The summed E-state index contributed by atoms with van der Waals surface area (Å²) in [6.07, 6.45) is 71.2. The van der Waals surface area contributed by atoms with Crippen molar-refractivity contribution in [2.45, 2.75) is 302 Å². The number of carbonyl (C=O) groups excluding carboxylic acids is 2. The van der Waals surface area contributed by atoms with Gasteiger partial charge in [-0.15, -0.1) is 0 Å². The number of carbonyl (C=O) groups is 2. The molecule has 0 radical (unpaired) electrons. The van der Waals surface area contributed by atoms with E-state index in [-0.39, 0.29) is 31.3 Å². The van der Waals surface area contributed by atoms with Crippen molar-refractivity contribution in [3.05, 3.63) is 72.9 Å². The normalized spacial score (nSPS) is 13.7. The predicted octanol–water partition coefficient (Wildman–Crippen LogP) is 18.1. The zero-order chi connectivity index (χ0) is 49.5. The molecule has 0 aromatic rings. The number of nitrogens with one attached hydrogen (secondary N) is 1. The first-order chi connectivity index (χ1) is 33.5. The second-order valence-electron chi connectivity index (χ2n) is 19.7. The van der Waals surface area contributed by atoms with Crippen molar-refractivity contribution in [2.75, 3.05) is 6.61 Å². The molecule has 0 aliphatic heterocycles. The Kier molecular flexibility index (Phi) is 53.0. The molecule has 0 rings (SSSR count). The van der Waals surface area contributed by atoms with Crippen LogP contribution in [0.5, 0.6) is 0 Å². The Bertz CT molecular complexity index is 1250. The summed E-state index contributed by atoms with van der Waals surface area (Å²) in [5.41, 5.74) is 0. The van der Waals surface area contributed by atoms with E-state index in [4.69, 9.17) is 4.74 Å². The Labute approximate surface area is 421 Å². The number of unbranched alkanes of at least 4 members (excludes halogenated alkanes) is 28. The number of rotatable bonds is 52. The second-order valence-corrected chi connectivity index (χ2v) is 19.7. The van der Waals surface area contributed by atoms with Gasteiger partial charge in [0.1, 0.15) is 6.10 Å². The van der Waals surface area contributed by atoms with Crippen LogP contribution < -0.4 is 5.32 Å². The maximum absolute atomic E-state index is 13.3. The number of hydrogen-bond donors (Lipinski definition) is 3. The number of allylic oxidation sites excluding steroid dienone is 12. The van der Waals surface area contributed by atoms with Crippen LogP contribution in [0.1, 0.15) is 284 Å². The minimum atomic E-state index is -0.802. The zero-order valence-electron chi connectivity index (χ0n) is 45.0. The molecule has 6 nitrogen and oxygen atoms in total. The standard InChI is InChI=1S/C62H111NO5/c1-4-7-10-13-16-19-22-25-27-29-30-32-34-37-40-43-46-49-52-55-62(67)68-58(53-50-47-44-41-38-35-24-21-18-15-12-9-6-3)56-61(66)63-59(57-64)60(65)54-51-48-45-42-39-36-33-31-28-26-23-20-17-14-11-8-5-2/h7,10,16,19,25,27,30,32,37,40,46,49,58-60,64-65H,4-6,8-9,11-15,17-18,20-24,26,28-29,31,33-36,38-39,41-45,47-48,50-57H2,1-3H3,(H,63,66)/b10-7-,19-16-,27-25-,32-30-,40-37-,49-46-. The summed E-state index contributed by atoms with van der Waals surface area (Å²) in [6, 6.07) is -0.718. The van der Waals surface area contributed by atoms with Crippen LogP contribution >= 0.6 is 0 Å². The van der Waals surface area contributed by atoms with Crippen molar-refractivity contribution < 1.29 is 24.5 Å². The van der Waals surface area contributed by atoms with E-state index in [0.29, 0.717) is 19.3 Å².